The molecule has 0 aliphatic carbocycles. The molecule has 1 atom stereocenters. The number of fused-ring (bicyclic) bond motifs is 1. The summed E-state index contributed by atoms with van der Waals surface area (Å²) >= 11 is 0. The Hall–Kier alpha value is -5.16. The molecular formula is C32H34N12O. The standard InChI is InChI=1S/C32H34N12O/c33-20-23-9-12-37-32(38-23)43-18-16-41(17-19-43)21-22-3-5-24(6-4-22)44-30(25-2-1-11-36-29(25)34)39-26-7-8-27(40-31(26)44)42-14-10-28(45)35-13-15-42/h1-9,11-12,28,35,45H,10,13-19,21H2,(H2,34,36). The first-order valence-electron chi connectivity index (χ1n) is 15.1. The highest BCUT2D eigenvalue weighted by Crippen LogP contribution is 2.31. The summed E-state index contributed by atoms with van der Waals surface area (Å²) in [6, 6.07) is 20.0. The first-order chi connectivity index (χ1) is 22.1. The smallest absolute Gasteiger partial charge is 0.226 e. The van der Waals surface area contributed by atoms with Crippen LogP contribution in [-0.2, 0) is 6.54 Å². The average Bonchev–Trinajstić information content (AvgIpc) is 3.31. The summed E-state index contributed by atoms with van der Waals surface area (Å²) in [5.74, 6) is 2.53. The molecule has 0 amide bonds. The predicted octanol–water partition coefficient (Wildman–Crippen LogP) is 2.17. The van der Waals surface area contributed by atoms with E-state index in [2.05, 4.69) is 69.9 Å². The van der Waals surface area contributed by atoms with Crippen LogP contribution in [0.1, 0.15) is 17.7 Å². The van der Waals surface area contributed by atoms with Crippen LogP contribution in [0.4, 0.5) is 17.6 Å². The Kier molecular flexibility index (Phi) is 7.91. The van der Waals surface area contributed by atoms with Gasteiger partial charge in [-0.3, -0.25) is 14.8 Å². The first-order valence-corrected chi connectivity index (χ1v) is 15.1. The number of piperazine rings is 1. The number of aromatic nitrogens is 6. The number of nitriles is 1. The maximum atomic E-state index is 10.1. The Bertz CT molecular complexity index is 1840. The zero-order valence-electron chi connectivity index (χ0n) is 24.8. The van der Waals surface area contributed by atoms with E-state index in [-0.39, 0.29) is 0 Å². The molecule has 2 saturated heterocycles. The number of imidazole rings is 1. The minimum atomic E-state index is -0.512. The van der Waals surface area contributed by atoms with Crippen LogP contribution in [0.15, 0.2) is 67.0 Å². The summed E-state index contributed by atoms with van der Waals surface area (Å²) < 4.78 is 2.05. The van der Waals surface area contributed by atoms with Crippen LogP contribution in [0.25, 0.3) is 28.2 Å². The van der Waals surface area contributed by atoms with Crippen molar-refractivity contribution in [3.8, 4) is 23.1 Å². The van der Waals surface area contributed by atoms with E-state index >= 15 is 0 Å². The van der Waals surface area contributed by atoms with Gasteiger partial charge < -0.3 is 20.6 Å². The highest BCUT2D eigenvalue weighted by atomic mass is 16.3. The summed E-state index contributed by atoms with van der Waals surface area (Å²) in [4.78, 5) is 29.8. The van der Waals surface area contributed by atoms with Crippen molar-refractivity contribution >= 4 is 28.7 Å². The fourth-order valence-corrected chi connectivity index (χ4v) is 5.92. The van der Waals surface area contributed by atoms with Crippen LogP contribution < -0.4 is 20.9 Å². The summed E-state index contributed by atoms with van der Waals surface area (Å²) in [5, 5.41) is 22.4. The van der Waals surface area contributed by atoms with E-state index in [9.17, 15) is 10.4 Å². The van der Waals surface area contributed by atoms with Crippen LogP contribution in [-0.4, -0.2) is 91.5 Å². The summed E-state index contributed by atoms with van der Waals surface area (Å²) in [6.45, 7) is 6.27. The number of nitrogens with zero attached hydrogens (tertiary/aromatic N) is 10. The third-order valence-corrected chi connectivity index (χ3v) is 8.34. The van der Waals surface area contributed by atoms with Gasteiger partial charge in [0.05, 0.1) is 5.56 Å². The van der Waals surface area contributed by atoms with Crippen LogP contribution in [0.2, 0.25) is 0 Å². The fourth-order valence-electron chi connectivity index (χ4n) is 5.92. The molecule has 0 saturated carbocycles. The van der Waals surface area contributed by atoms with Crippen molar-refractivity contribution < 1.29 is 5.11 Å². The van der Waals surface area contributed by atoms with E-state index in [0.29, 0.717) is 42.8 Å². The van der Waals surface area contributed by atoms with Crippen molar-refractivity contribution in [3.05, 3.63) is 78.2 Å². The molecule has 2 aliphatic rings. The second kappa shape index (κ2) is 12.4. The maximum Gasteiger partial charge on any atom is 0.226 e. The number of nitrogens with two attached hydrogens (primary N) is 1. The number of anilines is 3. The van der Waals surface area contributed by atoms with Crippen molar-refractivity contribution in [2.75, 3.05) is 61.3 Å². The Morgan fingerprint density at radius 3 is 2.53 bits per heavy atom. The molecule has 0 bridgehead atoms. The minimum absolute atomic E-state index is 0.382. The topological polar surface area (TPSA) is 161 Å². The van der Waals surface area contributed by atoms with Gasteiger partial charge in [-0.1, -0.05) is 12.1 Å². The zero-order chi connectivity index (χ0) is 30.8. The van der Waals surface area contributed by atoms with Crippen molar-refractivity contribution in [2.24, 2.45) is 0 Å². The third kappa shape index (κ3) is 5.99. The van der Waals surface area contributed by atoms with Gasteiger partial charge in [-0.05, 0) is 48.0 Å². The number of hydrogen-bond acceptors (Lipinski definition) is 12. The average molecular weight is 603 g/mol. The third-order valence-electron chi connectivity index (χ3n) is 8.34. The maximum absolute atomic E-state index is 10.1. The van der Waals surface area contributed by atoms with Crippen LogP contribution in [0.5, 0.6) is 0 Å². The molecule has 2 fully saturated rings. The number of nitrogens with one attached hydrogen (secondary N) is 1. The summed E-state index contributed by atoms with van der Waals surface area (Å²) in [5.41, 5.74) is 11.1. The van der Waals surface area contributed by atoms with E-state index in [0.717, 1.165) is 67.5 Å². The Morgan fingerprint density at radius 2 is 1.73 bits per heavy atom. The predicted molar refractivity (Wildman–Crippen MR) is 172 cm³/mol. The molecule has 5 aromatic rings. The lowest BCUT2D eigenvalue weighted by molar-refractivity contribution is 0.138. The lowest BCUT2D eigenvalue weighted by Crippen LogP contribution is -2.46. The second-order valence-electron chi connectivity index (χ2n) is 11.2. The molecule has 0 radical (unpaired) electrons. The van der Waals surface area contributed by atoms with Gasteiger partial charge in [-0.15, -0.1) is 0 Å². The van der Waals surface area contributed by atoms with Gasteiger partial charge in [-0.25, -0.2) is 24.9 Å². The number of hydrogen-bond donors (Lipinski definition) is 3. The highest BCUT2D eigenvalue weighted by Gasteiger charge is 2.22. The van der Waals surface area contributed by atoms with Crippen LogP contribution >= 0.6 is 0 Å². The summed E-state index contributed by atoms with van der Waals surface area (Å²) in [7, 11) is 0. The molecule has 2 aliphatic heterocycles. The Morgan fingerprint density at radius 1 is 0.889 bits per heavy atom. The second-order valence-corrected chi connectivity index (χ2v) is 11.2. The number of benzene rings is 1. The molecule has 7 rings (SSSR count). The molecule has 4 aromatic heterocycles. The molecule has 45 heavy (non-hydrogen) atoms. The van der Waals surface area contributed by atoms with E-state index in [1.165, 1.54) is 5.56 Å². The minimum Gasteiger partial charge on any atom is -0.383 e. The zero-order valence-corrected chi connectivity index (χ0v) is 24.8. The van der Waals surface area contributed by atoms with E-state index < -0.39 is 6.23 Å². The van der Waals surface area contributed by atoms with Crippen LogP contribution in [0, 0.1) is 11.3 Å². The quantitative estimate of drug-likeness (QED) is 0.260. The Labute approximate surface area is 260 Å². The molecule has 1 unspecified atom stereocenters. The number of rotatable bonds is 6. The van der Waals surface area contributed by atoms with Gasteiger partial charge in [0, 0.05) is 76.9 Å². The van der Waals surface area contributed by atoms with E-state index in [4.69, 9.17) is 15.7 Å². The van der Waals surface area contributed by atoms with Crippen LogP contribution in [0.3, 0.4) is 0 Å². The summed E-state index contributed by atoms with van der Waals surface area (Å²) in [6.07, 6.45) is 3.42. The molecule has 4 N–H and O–H groups in total. The number of aliphatic hydroxyl groups excluding tert-OH is 1. The van der Waals surface area contributed by atoms with Gasteiger partial charge >= 0.3 is 0 Å². The first kappa shape index (κ1) is 28.6. The molecule has 0 spiro atoms. The van der Waals surface area contributed by atoms with Crippen molar-refractivity contribution in [1.29, 1.82) is 5.26 Å². The fraction of sp³-hybridized carbons (Fsp3) is 0.312. The normalized spacial score (nSPS) is 17.7. The molecular weight excluding hydrogens is 568 g/mol. The van der Waals surface area contributed by atoms with Crippen molar-refractivity contribution in [3.63, 3.8) is 0 Å². The van der Waals surface area contributed by atoms with Gasteiger partial charge in [0.15, 0.2) is 11.5 Å². The van der Waals surface area contributed by atoms with E-state index in [1.54, 1.807) is 18.5 Å². The molecule has 6 heterocycles. The Balaban J connectivity index is 1.15. The lowest BCUT2D eigenvalue weighted by Gasteiger charge is -2.34. The lowest BCUT2D eigenvalue weighted by atomic mass is 10.1. The SMILES string of the molecule is N#Cc1ccnc(N2CCN(Cc3ccc(-n4c(-c5cccnc5N)nc5ccc(N6CCNC(O)CC6)nc54)cc3)CC2)n1. The van der Waals surface area contributed by atoms with Gasteiger partial charge in [-0.2, -0.15) is 5.26 Å². The van der Waals surface area contributed by atoms with Gasteiger partial charge in [0.1, 0.15) is 35.1 Å². The van der Waals surface area contributed by atoms with E-state index in [1.807, 2.05) is 24.3 Å². The molecule has 228 valence electrons. The number of pyridine rings is 2. The monoisotopic (exact) mass is 602 g/mol. The molecule has 13 nitrogen and oxygen atoms in total. The van der Waals surface area contributed by atoms with Gasteiger partial charge in [0.2, 0.25) is 5.95 Å². The van der Waals surface area contributed by atoms with Crippen molar-refractivity contribution in [1.82, 2.24) is 39.7 Å². The molecule has 13 heteroatoms. The number of nitrogen functional groups attached to an aromatic ring is 1. The highest BCUT2D eigenvalue weighted by molar-refractivity contribution is 5.83. The van der Waals surface area contributed by atoms with Crippen molar-refractivity contribution in [2.45, 2.75) is 19.2 Å². The van der Waals surface area contributed by atoms with Gasteiger partial charge in [0.25, 0.3) is 0 Å². The number of aliphatic hydroxyl groups is 1. The molecule has 1 aromatic carbocycles. The largest absolute Gasteiger partial charge is 0.383 e.